The molecule has 0 bridgehead atoms. The predicted molar refractivity (Wildman–Crippen MR) is 152 cm³/mol. The molecule has 4 heteroatoms. The van der Waals surface area contributed by atoms with Crippen LogP contribution in [-0.2, 0) is 16.5 Å². The third kappa shape index (κ3) is 9.09. The fourth-order valence-corrected chi connectivity index (χ4v) is 6.15. The van der Waals surface area contributed by atoms with Gasteiger partial charge in [-0.1, -0.05) is 88.6 Å². The molecule has 1 aromatic rings. The van der Waals surface area contributed by atoms with Crippen LogP contribution in [0.5, 0.6) is 11.5 Å². The Balaban J connectivity index is 1.87. The maximum Gasteiger partial charge on any atom is 0.308 e. The Bertz CT molecular complexity index is 831. The van der Waals surface area contributed by atoms with Crippen molar-refractivity contribution in [2.24, 2.45) is 17.8 Å². The summed E-state index contributed by atoms with van der Waals surface area (Å²) < 4.78 is 12.3. The van der Waals surface area contributed by atoms with E-state index in [1.54, 1.807) is 0 Å². The molecule has 0 aliphatic carbocycles. The number of hydrogen-bond donors (Lipinski definition) is 0. The van der Waals surface area contributed by atoms with Gasteiger partial charge in [0.25, 0.3) is 0 Å². The van der Waals surface area contributed by atoms with Crippen LogP contribution in [0.15, 0.2) is 0 Å². The summed E-state index contributed by atoms with van der Waals surface area (Å²) in [5.74, 6) is 3.94. The molecular weight excluding hydrogens is 500 g/mol. The minimum atomic E-state index is -0.272. The van der Waals surface area contributed by atoms with E-state index in [2.05, 4.69) is 57.5 Å². The van der Waals surface area contributed by atoms with Gasteiger partial charge in [0.1, 0.15) is 17.1 Å². The van der Waals surface area contributed by atoms with E-state index in [0.29, 0.717) is 11.1 Å². The number of benzene rings is 1. The molecule has 0 saturated heterocycles. The predicted octanol–water partition coefficient (Wildman–Crippen LogP) is 9.65. The molecule has 0 amide bonds. The van der Waals surface area contributed by atoms with Crippen LogP contribution >= 0.6 is 15.9 Å². The van der Waals surface area contributed by atoms with Gasteiger partial charge in [-0.2, -0.15) is 0 Å². The molecule has 3 atom stereocenters. The third-order valence-electron chi connectivity index (χ3n) is 8.06. The van der Waals surface area contributed by atoms with E-state index >= 15 is 0 Å². The van der Waals surface area contributed by atoms with E-state index in [1.807, 2.05) is 6.92 Å². The number of carbonyl (C=O) groups is 1. The molecule has 0 saturated carbocycles. The molecule has 35 heavy (non-hydrogen) atoms. The van der Waals surface area contributed by atoms with Gasteiger partial charge in [0, 0.05) is 23.4 Å². The first-order valence-corrected chi connectivity index (χ1v) is 15.2. The molecule has 0 aromatic heterocycles. The number of alkyl halides is 1. The zero-order chi connectivity index (χ0) is 26.2. The summed E-state index contributed by atoms with van der Waals surface area (Å²) in [7, 11) is 0. The summed E-state index contributed by atoms with van der Waals surface area (Å²) >= 11 is 3.62. The fraction of sp³-hybridized carbons (Fsp3) is 0.774. The SMILES string of the molecule is CC(=O)Oc1c(C)c(C)c2c(c1CBr)CCC(C)(CCCC(C)CCCC(C)CCCC(C)C)O2. The summed E-state index contributed by atoms with van der Waals surface area (Å²) in [6.07, 6.45) is 13.8. The summed E-state index contributed by atoms with van der Waals surface area (Å²) in [5.41, 5.74) is 4.25. The lowest BCUT2D eigenvalue weighted by molar-refractivity contribution is -0.132. The van der Waals surface area contributed by atoms with Gasteiger partial charge >= 0.3 is 5.97 Å². The van der Waals surface area contributed by atoms with E-state index in [-0.39, 0.29) is 11.6 Å². The van der Waals surface area contributed by atoms with Gasteiger partial charge in [-0.3, -0.25) is 4.79 Å². The number of fused-ring (bicyclic) bond motifs is 1. The van der Waals surface area contributed by atoms with Gasteiger partial charge in [-0.05, 0) is 75.3 Å². The maximum atomic E-state index is 11.7. The van der Waals surface area contributed by atoms with Crippen molar-refractivity contribution in [1.29, 1.82) is 0 Å². The van der Waals surface area contributed by atoms with Crippen LogP contribution < -0.4 is 9.47 Å². The molecule has 0 N–H and O–H groups in total. The van der Waals surface area contributed by atoms with Gasteiger partial charge in [0.15, 0.2) is 0 Å². The van der Waals surface area contributed by atoms with Crippen LogP contribution in [0.4, 0.5) is 0 Å². The largest absolute Gasteiger partial charge is 0.487 e. The zero-order valence-corrected chi connectivity index (χ0v) is 25.4. The van der Waals surface area contributed by atoms with Crippen LogP contribution in [0, 0.1) is 31.6 Å². The van der Waals surface area contributed by atoms with Gasteiger partial charge in [0.05, 0.1) is 0 Å². The molecule has 0 radical (unpaired) electrons. The number of rotatable bonds is 14. The minimum absolute atomic E-state index is 0.124. The highest BCUT2D eigenvalue weighted by atomic mass is 79.9. The third-order valence-corrected chi connectivity index (χ3v) is 8.62. The second-order valence-corrected chi connectivity index (χ2v) is 12.6. The van der Waals surface area contributed by atoms with Crippen molar-refractivity contribution < 1.29 is 14.3 Å². The Labute approximate surface area is 224 Å². The minimum Gasteiger partial charge on any atom is -0.487 e. The van der Waals surface area contributed by atoms with Gasteiger partial charge in [0.2, 0.25) is 0 Å². The molecule has 1 aliphatic heterocycles. The van der Waals surface area contributed by atoms with Crippen molar-refractivity contribution in [1.82, 2.24) is 0 Å². The van der Waals surface area contributed by atoms with Crippen molar-refractivity contribution in [3.63, 3.8) is 0 Å². The lowest BCUT2D eigenvalue weighted by atomic mass is 9.83. The van der Waals surface area contributed by atoms with Crippen molar-refractivity contribution in [3.8, 4) is 11.5 Å². The molecule has 1 aromatic carbocycles. The number of carbonyl (C=O) groups excluding carboxylic acids is 1. The Morgan fingerprint density at radius 3 is 2.09 bits per heavy atom. The molecule has 0 fully saturated rings. The van der Waals surface area contributed by atoms with E-state index in [0.717, 1.165) is 59.5 Å². The molecule has 3 unspecified atom stereocenters. The molecule has 1 heterocycles. The lowest BCUT2D eigenvalue weighted by Gasteiger charge is -2.38. The first kappa shape index (κ1) is 30.2. The van der Waals surface area contributed by atoms with Crippen molar-refractivity contribution in [2.75, 3.05) is 0 Å². The van der Waals surface area contributed by atoms with Crippen LogP contribution in [-0.4, -0.2) is 11.6 Å². The quantitative estimate of drug-likeness (QED) is 0.131. The van der Waals surface area contributed by atoms with Crippen molar-refractivity contribution in [2.45, 2.75) is 137 Å². The highest BCUT2D eigenvalue weighted by molar-refractivity contribution is 9.08. The Morgan fingerprint density at radius 2 is 1.54 bits per heavy atom. The van der Waals surface area contributed by atoms with Crippen LogP contribution in [0.1, 0.15) is 128 Å². The van der Waals surface area contributed by atoms with Crippen LogP contribution in [0.3, 0.4) is 0 Å². The van der Waals surface area contributed by atoms with Gasteiger partial charge < -0.3 is 9.47 Å². The summed E-state index contributed by atoms with van der Waals surface area (Å²) in [4.78, 5) is 11.7. The average molecular weight is 552 g/mol. The molecule has 1 aliphatic rings. The Kier molecular flexibility index (Phi) is 12.1. The summed E-state index contributed by atoms with van der Waals surface area (Å²) in [6.45, 7) is 17.4. The molecule has 3 nitrogen and oxygen atoms in total. The maximum absolute atomic E-state index is 11.7. The van der Waals surface area contributed by atoms with Gasteiger partial charge in [-0.25, -0.2) is 0 Å². The zero-order valence-electron chi connectivity index (χ0n) is 23.8. The van der Waals surface area contributed by atoms with Crippen molar-refractivity contribution >= 4 is 21.9 Å². The van der Waals surface area contributed by atoms with E-state index < -0.39 is 0 Å². The smallest absolute Gasteiger partial charge is 0.308 e. The highest BCUT2D eigenvalue weighted by Gasteiger charge is 2.35. The second kappa shape index (κ2) is 14.1. The number of ether oxygens (including phenoxy) is 2. The lowest BCUT2D eigenvalue weighted by Crippen LogP contribution is -2.37. The molecule has 200 valence electrons. The van der Waals surface area contributed by atoms with E-state index in [1.165, 1.54) is 63.9 Å². The average Bonchev–Trinajstić information content (AvgIpc) is 2.77. The van der Waals surface area contributed by atoms with Crippen molar-refractivity contribution in [3.05, 3.63) is 22.3 Å². The first-order valence-electron chi connectivity index (χ1n) is 14.1. The summed E-state index contributed by atoms with van der Waals surface area (Å²) in [5, 5.41) is 0.660. The fourth-order valence-electron chi connectivity index (χ4n) is 5.56. The number of esters is 1. The molecular formula is C31H51BrO3. The van der Waals surface area contributed by atoms with Crippen LogP contribution in [0.2, 0.25) is 0 Å². The Morgan fingerprint density at radius 1 is 0.971 bits per heavy atom. The summed E-state index contributed by atoms with van der Waals surface area (Å²) in [6, 6.07) is 0. The van der Waals surface area contributed by atoms with E-state index in [4.69, 9.17) is 9.47 Å². The monoisotopic (exact) mass is 550 g/mol. The number of halogens is 1. The van der Waals surface area contributed by atoms with Crippen LogP contribution in [0.25, 0.3) is 0 Å². The number of hydrogen-bond acceptors (Lipinski definition) is 3. The van der Waals surface area contributed by atoms with Gasteiger partial charge in [-0.15, -0.1) is 0 Å². The van der Waals surface area contributed by atoms with E-state index in [9.17, 15) is 4.79 Å². The first-order chi connectivity index (χ1) is 16.5. The second-order valence-electron chi connectivity index (χ2n) is 12.0. The Hall–Kier alpha value is -1.03. The molecule has 2 rings (SSSR count). The normalized spacial score (nSPS) is 19.3. The topological polar surface area (TPSA) is 35.5 Å². The standard InChI is InChI=1S/C31H51BrO3/c1-21(2)12-9-13-22(3)14-10-15-23(4)16-11-18-31(8)19-17-27-28(20-32)29(34-26(7)33)24(5)25(6)30(27)35-31/h21-23H,9-20H2,1-8H3. The highest BCUT2D eigenvalue weighted by Crippen LogP contribution is 2.46. The molecule has 0 spiro atoms.